The van der Waals surface area contributed by atoms with Crippen molar-refractivity contribution in [3.05, 3.63) is 36.6 Å². The first-order valence-corrected chi connectivity index (χ1v) is 8.54. The zero-order chi connectivity index (χ0) is 16.7. The average Bonchev–Trinajstić information content (AvgIpc) is 3.06. The zero-order valence-electron chi connectivity index (χ0n) is 14.2. The zero-order valence-corrected chi connectivity index (χ0v) is 14.2. The van der Waals surface area contributed by atoms with Crippen LogP contribution in [-0.4, -0.2) is 67.7 Å². The maximum Gasteiger partial charge on any atom is 0.251 e. The Labute approximate surface area is 139 Å². The molecule has 0 spiro atoms. The number of amides is 1. The number of nitrogens with zero attached hydrogens (tertiary/aromatic N) is 2. The third-order valence-electron chi connectivity index (χ3n) is 4.41. The third-order valence-corrected chi connectivity index (χ3v) is 4.41. The number of nitrogens with one attached hydrogen (secondary N) is 1. The Morgan fingerprint density at radius 3 is 2.65 bits per heavy atom. The van der Waals surface area contributed by atoms with Gasteiger partial charge in [-0.2, -0.15) is 0 Å². The highest BCUT2D eigenvalue weighted by Gasteiger charge is 2.23. The summed E-state index contributed by atoms with van der Waals surface area (Å²) in [5, 5.41) is 2.79. The second kappa shape index (κ2) is 8.89. The highest BCUT2D eigenvalue weighted by molar-refractivity contribution is 5.96. The number of carbonyl (C=O) groups excluding carboxylic acids is 1. The van der Waals surface area contributed by atoms with Crippen LogP contribution in [0.4, 0.5) is 0 Å². The molecule has 1 N–H and O–H groups in total. The second-order valence-corrected chi connectivity index (χ2v) is 6.08. The molecule has 0 aromatic heterocycles. The largest absolute Gasteiger partial charge is 0.377 e. The fraction of sp³-hybridized carbons (Fsp3) is 0.611. The number of rotatable bonds is 7. The maximum atomic E-state index is 11.9. The molecule has 5 nitrogen and oxygen atoms in total. The molecule has 5 heteroatoms. The van der Waals surface area contributed by atoms with Gasteiger partial charge >= 0.3 is 0 Å². The minimum atomic E-state index is -0.0966. The quantitative estimate of drug-likeness (QED) is 0.571. The van der Waals surface area contributed by atoms with Crippen molar-refractivity contribution in [2.24, 2.45) is 0 Å². The van der Waals surface area contributed by atoms with Crippen molar-refractivity contribution in [1.29, 1.82) is 0 Å². The van der Waals surface area contributed by atoms with E-state index in [1.807, 2.05) is 13.0 Å². The highest BCUT2D eigenvalue weighted by atomic mass is 16.5. The lowest BCUT2D eigenvalue weighted by atomic mass is 10.1. The van der Waals surface area contributed by atoms with Gasteiger partial charge in [0, 0.05) is 57.1 Å². The summed E-state index contributed by atoms with van der Waals surface area (Å²) in [4.78, 5) is 16.6. The molecule has 2 saturated heterocycles. The SMILES string of the molecule is C=C/C(=C\C(=C)N1CCN(CC2CCCO2)CC1)C(=O)NCC. The molecular formula is C18H29N3O2. The average molecular weight is 319 g/mol. The van der Waals surface area contributed by atoms with E-state index in [1.54, 1.807) is 6.08 Å². The summed E-state index contributed by atoms with van der Waals surface area (Å²) in [7, 11) is 0. The van der Waals surface area contributed by atoms with Crippen molar-refractivity contribution in [3.63, 3.8) is 0 Å². The van der Waals surface area contributed by atoms with Gasteiger partial charge in [-0.25, -0.2) is 0 Å². The van der Waals surface area contributed by atoms with Crippen LogP contribution >= 0.6 is 0 Å². The van der Waals surface area contributed by atoms with E-state index in [0.29, 0.717) is 18.2 Å². The number of ether oxygens (including phenoxy) is 1. The normalized spacial score (nSPS) is 22.9. The van der Waals surface area contributed by atoms with Crippen molar-refractivity contribution < 1.29 is 9.53 Å². The highest BCUT2D eigenvalue weighted by Crippen LogP contribution is 2.16. The summed E-state index contributed by atoms with van der Waals surface area (Å²) in [6, 6.07) is 0. The van der Waals surface area contributed by atoms with Gasteiger partial charge in [-0.1, -0.05) is 19.2 Å². The molecule has 128 valence electrons. The van der Waals surface area contributed by atoms with E-state index in [0.717, 1.165) is 45.0 Å². The number of hydrogen-bond donors (Lipinski definition) is 1. The van der Waals surface area contributed by atoms with Crippen LogP contribution in [0.5, 0.6) is 0 Å². The first-order valence-electron chi connectivity index (χ1n) is 8.54. The van der Waals surface area contributed by atoms with Crippen LogP contribution in [0.25, 0.3) is 0 Å². The van der Waals surface area contributed by atoms with Crippen molar-refractivity contribution in [1.82, 2.24) is 15.1 Å². The molecule has 23 heavy (non-hydrogen) atoms. The first-order chi connectivity index (χ1) is 11.1. The Balaban J connectivity index is 1.82. The van der Waals surface area contributed by atoms with E-state index in [2.05, 4.69) is 28.3 Å². The van der Waals surface area contributed by atoms with Crippen LogP contribution in [0.3, 0.4) is 0 Å². The maximum absolute atomic E-state index is 11.9. The van der Waals surface area contributed by atoms with Crippen LogP contribution in [0.1, 0.15) is 19.8 Å². The second-order valence-electron chi connectivity index (χ2n) is 6.08. The van der Waals surface area contributed by atoms with Crippen molar-refractivity contribution in [2.75, 3.05) is 45.9 Å². The van der Waals surface area contributed by atoms with Gasteiger partial charge in [0.05, 0.1) is 6.10 Å². The van der Waals surface area contributed by atoms with Crippen molar-refractivity contribution in [3.8, 4) is 0 Å². The van der Waals surface area contributed by atoms with E-state index in [9.17, 15) is 4.79 Å². The number of piperazine rings is 1. The monoisotopic (exact) mass is 319 g/mol. The molecule has 0 aromatic rings. The number of likely N-dealkylation sites (N-methyl/N-ethyl adjacent to an activating group) is 1. The van der Waals surface area contributed by atoms with E-state index in [-0.39, 0.29) is 5.91 Å². The lowest BCUT2D eigenvalue weighted by Crippen LogP contribution is -2.47. The molecule has 0 saturated carbocycles. The molecule has 2 aliphatic heterocycles. The molecule has 0 aliphatic carbocycles. The summed E-state index contributed by atoms with van der Waals surface area (Å²) >= 11 is 0. The molecular weight excluding hydrogens is 290 g/mol. The first kappa shape index (κ1) is 17.8. The minimum absolute atomic E-state index is 0.0966. The number of hydrogen-bond acceptors (Lipinski definition) is 4. The fourth-order valence-corrected chi connectivity index (χ4v) is 3.04. The molecule has 0 bridgehead atoms. The topological polar surface area (TPSA) is 44.8 Å². The fourth-order valence-electron chi connectivity index (χ4n) is 3.04. The van der Waals surface area contributed by atoms with Gasteiger partial charge in [0.2, 0.25) is 0 Å². The van der Waals surface area contributed by atoms with E-state index in [4.69, 9.17) is 4.74 Å². The van der Waals surface area contributed by atoms with Crippen LogP contribution in [0, 0.1) is 0 Å². The predicted octanol–water partition coefficient (Wildman–Crippen LogP) is 1.55. The molecule has 1 amide bonds. The molecule has 1 unspecified atom stereocenters. The number of allylic oxidation sites excluding steroid dienone is 1. The summed E-state index contributed by atoms with van der Waals surface area (Å²) in [5.41, 5.74) is 1.45. The summed E-state index contributed by atoms with van der Waals surface area (Å²) in [6.07, 6.45) is 6.20. The van der Waals surface area contributed by atoms with Crippen LogP contribution in [0.15, 0.2) is 36.6 Å². The van der Waals surface area contributed by atoms with Crippen LogP contribution in [-0.2, 0) is 9.53 Å². The van der Waals surface area contributed by atoms with Gasteiger partial charge in [-0.3, -0.25) is 9.69 Å². The predicted molar refractivity (Wildman–Crippen MR) is 93.1 cm³/mol. The van der Waals surface area contributed by atoms with Gasteiger partial charge in [-0.05, 0) is 25.8 Å². The molecule has 2 fully saturated rings. The molecule has 1 atom stereocenters. The Kier molecular flexibility index (Phi) is 6.86. The van der Waals surface area contributed by atoms with Gasteiger partial charge in [0.1, 0.15) is 0 Å². The molecule has 0 aromatic carbocycles. The van der Waals surface area contributed by atoms with E-state index in [1.165, 1.54) is 12.8 Å². The van der Waals surface area contributed by atoms with Crippen LogP contribution < -0.4 is 5.32 Å². The molecule has 2 rings (SSSR count). The Morgan fingerprint density at radius 2 is 2.09 bits per heavy atom. The van der Waals surface area contributed by atoms with Gasteiger partial charge in [0.15, 0.2) is 0 Å². The summed E-state index contributed by atoms with van der Waals surface area (Å²) in [5.74, 6) is -0.0966. The Bertz CT molecular complexity index is 459. The van der Waals surface area contributed by atoms with Gasteiger partial charge in [0.25, 0.3) is 5.91 Å². The standard InChI is InChI=1S/C18H29N3O2/c1-4-16(18(22)19-5-2)13-15(3)21-10-8-20(9-11-21)14-17-7-6-12-23-17/h4,13,17H,1,3,5-12,14H2,2H3,(H,19,22)/b16-13+. The number of carbonyl (C=O) groups is 1. The lowest BCUT2D eigenvalue weighted by Gasteiger charge is -2.37. The van der Waals surface area contributed by atoms with E-state index >= 15 is 0 Å². The van der Waals surface area contributed by atoms with Gasteiger partial charge < -0.3 is 15.0 Å². The molecule has 2 aliphatic rings. The van der Waals surface area contributed by atoms with Gasteiger partial charge in [-0.15, -0.1) is 0 Å². The Morgan fingerprint density at radius 1 is 1.35 bits per heavy atom. The van der Waals surface area contributed by atoms with Crippen molar-refractivity contribution in [2.45, 2.75) is 25.9 Å². The van der Waals surface area contributed by atoms with Crippen molar-refractivity contribution >= 4 is 5.91 Å². The smallest absolute Gasteiger partial charge is 0.251 e. The summed E-state index contributed by atoms with van der Waals surface area (Å²) < 4.78 is 5.71. The minimum Gasteiger partial charge on any atom is -0.377 e. The van der Waals surface area contributed by atoms with E-state index < -0.39 is 0 Å². The molecule has 0 radical (unpaired) electrons. The Hall–Kier alpha value is -1.59. The summed E-state index contributed by atoms with van der Waals surface area (Å²) in [6.45, 7) is 16.2. The van der Waals surface area contributed by atoms with Crippen LogP contribution in [0.2, 0.25) is 0 Å². The lowest BCUT2D eigenvalue weighted by molar-refractivity contribution is -0.117. The molecule has 2 heterocycles. The third kappa shape index (κ3) is 5.22.